The fourth-order valence-electron chi connectivity index (χ4n) is 1.88. The largest absolute Gasteiger partial charge is 0.391 e. The van der Waals surface area contributed by atoms with Crippen molar-refractivity contribution in [3.8, 4) is 0 Å². The maximum Gasteiger partial charge on any atom is 0.322 e. The van der Waals surface area contributed by atoms with Crippen molar-refractivity contribution in [2.75, 3.05) is 6.54 Å². The van der Waals surface area contributed by atoms with Gasteiger partial charge in [0.2, 0.25) is 5.69 Å². The fraction of sp³-hybridized carbons (Fsp3) is 0.667. The summed E-state index contributed by atoms with van der Waals surface area (Å²) in [5.41, 5.74) is -0.173. The van der Waals surface area contributed by atoms with Gasteiger partial charge in [-0.15, -0.1) is 0 Å². The number of aryl methyl sites for hydroxylation is 1. The fourth-order valence-corrected chi connectivity index (χ4v) is 1.88. The first kappa shape index (κ1) is 16.1. The zero-order valence-electron chi connectivity index (χ0n) is 11.7. The number of carbonyl (C=O) groups is 1. The number of hydrogen-bond donors (Lipinski definition) is 3. The summed E-state index contributed by atoms with van der Waals surface area (Å²) in [6.45, 7) is 3.85. The lowest BCUT2D eigenvalue weighted by Gasteiger charge is -2.09. The number of nitro groups is 1. The molecule has 0 aliphatic rings. The molecule has 0 aliphatic heterocycles. The van der Waals surface area contributed by atoms with Gasteiger partial charge in [0.1, 0.15) is 5.69 Å². The van der Waals surface area contributed by atoms with Crippen LogP contribution >= 0.6 is 0 Å². The summed E-state index contributed by atoms with van der Waals surface area (Å²) in [5, 5.41) is 29.3. The van der Waals surface area contributed by atoms with Crippen molar-refractivity contribution < 1.29 is 14.8 Å². The van der Waals surface area contributed by atoms with Gasteiger partial charge in [-0.2, -0.15) is 5.10 Å². The zero-order chi connectivity index (χ0) is 15.1. The van der Waals surface area contributed by atoms with E-state index < -0.39 is 16.9 Å². The van der Waals surface area contributed by atoms with E-state index in [9.17, 15) is 20.0 Å². The van der Waals surface area contributed by atoms with Gasteiger partial charge in [0.25, 0.3) is 5.91 Å². The van der Waals surface area contributed by atoms with Gasteiger partial charge >= 0.3 is 5.69 Å². The second-order valence-electron chi connectivity index (χ2n) is 4.56. The summed E-state index contributed by atoms with van der Waals surface area (Å²) < 4.78 is 0. The zero-order valence-corrected chi connectivity index (χ0v) is 11.7. The number of carbonyl (C=O) groups excluding carboxylic acids is 1. The Morgan fingerprint density at radius 1 is 1.50 bits per heavy atom. The Balaban J connectivity index is 2.80. The summed E-state index contributed by atoms with van der Waals surface area (Å²) >= 11 is 0. The molecule has 3 N–H and O–H groups in total. The molecule has 0 saturated heterocycles. The first-order chi connectivity index (χ1) is 9.51. The van der Waals surface area contributed by atoms with Crippen LogP contribution in [-0.4, -0.2) is 38.8 Å². The Hall–Kier alpha value is -1.96. The highest BCUT2D eigenvalue weighted by molar-refractivity contribution is 5.96. The van der Waals surface area contributed by atoms with Gasteiger partial charge < -0.3 is 10.4 Å². The minimum absolute atomic E-state index is 0.0554. The number of aliphatic hydroxyl groups excluding tert-OH is 1. The maximum atomic E-state index is 11.9. The number of nitrogens with one attached hydrogen (secondary N) is 2. The molecular formula is C12H20N4O4. The summed E-state index contributed by atoms with van der Waals surface area (Å²) in [5.74, 6) is -0.648. The number of rotatable bonds is 8. The molecule has 0 aromatic carbocycles. The molecular weight excluding hydrogens is 264 g/mol. The number of aromatic amines is 1. The highest BCUT2D eigenvalue weighted by Gasteiger charge is 2.28. The van der Waals surface area contributed by atoms with Gasteiger partial charge in [-0.25, -0.2) is 0 Å². The molecule has 20 heavy (non-hydrogen) atoms. The standard InChI is InChI=1S/C12H20N4O4/c1-3-5-8(17)7-13-12(18)10-11(16(19)20)9(6-4-2)14-15-10/h8,17H,3-7H2,1-2H3,(H,13,18)(H,14,15). The van der Waals surface area contributed by atoms with Crippen LogP contribution in [0.2, 0.25) is 0 Å². The van der Waals surface area contributed by atoms with Crippen molar-refractivity contribution in [2.45, 2.75) is 45.6 Å². The van der Waals surface area contributed by atoms with Crippen molar-refractivity contribution in [3.63, 3.8) is 0 Å². The highest BCUT2D eigenvalue weighted by Crippen LogP contribution is 2.22. The Morgan fingerprint density at radius 2 is 2.20 bits per heavy atom. The van der Waals surface area contributed by atoms with Gasteiger partial charge in [0.15, 0.2) is 0 Å². The molecule has 1 rings (SSSR count). The highest BCUT2D eigenvalue weighted by atomic mass is 16.6. The average molecular weight is 284 g/mol. The molecule has 1 unspecified atom stereocenters. The van der Waals surface area contributed by atoms with Crippen LogP contribution in [0, 0.1) is 10.1 Å². The summed E-state index contributed by atoms with van der Waals surface area (Å²) in [6, 6.07) is 0. The lowest BCUT2D eigenvalue weighted by molar-refractivity contribution is -0.385. The van der Waals surface area contributed by atoms with E-state index in [-0.39, 0.29) is 17.9 Å². The first-order valence-electron chi connectivity index (χ1n) is 6.69. The van der Waals surface area contributed by atoms with Crippen molar-refractivity contribution in [1.29, 1.82) is 0 Å². The SMILES string of the molecule is CCCc1[nH]nc(C(=O)NCC(O)CCC)c1[N+](=O)[O-]. The molecule has 1 atom stereocenters. The van der Waals surface area contributed by atoms with Crippen LogP contribution in [0.15, 0.2) is 0 Å². The second kappa shape index (κ2) is 7.59. The molecule has 1 amide bonds. The Kier molecular flexibility index (Phi) is 6.10. The molecule has 0 saturated carbocycles. The third kappa shape index (κ3) is 4.02. The topological polar surface area (TPSA) is 121 Å². The van der Waals surface area contributed by atoms with E-state index in [1.807, 2.05) is 13.8 Å². The van der Waals surface area contributed by atoms with E-state index in [2.05, 4.69) is 15.5 Å². The minimum Gasteiger partial charge on any atom is -0.391 e. The van der Waals surface area contributed by atoms with Gasteiger partial charge in [-0.1, -0.05) is 26.7 Å². The molecule has 0 fully saturated rings. The van der Waals surface area contributed by atoms with E-state index in [1.165, 1.54) is 0 Å². The molecule has 1 aromatic heterocycles. The molecule has 0 radical (unpaired) electrons. The van der Waals surface area contributed by atoms with Crippen LogP contribution in [0.4, 0.5) is 5.69 Å². The Morgan fingerprint density at radius 3 is 2.75 bits per heavy atom. The Bertz CT molecular complexity index is 472. The third-order valence-electron chi connectivity index (χ3n) is 2.83. The average Bonchev–Trinajstić information content (AvgIpc) is 2.81. The number of aliphatic hydroxyl groups is 1. The molecule has 8 heteroatoms. The van der Waals surface area contributed by atoms with Crippen molar-refractivity contribution in [1.82, 2.24) is 15.5 Å². The van der Waals surface area contributed by atoms with Crippen LogP contribution in [0.1, 0.15) is 49.3 Å². The number of amides is 1. The van der Waals surface area contributed by atoms with E-state index in [0.29, 0.717) is 25.0 Å². The van der Waals surface area contributed by atoms with Crippen LogP contribution in [0.3, 0.4) is 0 Å². The lowest BCUT2D eigenvalue weighted by atomic mass is 10.2. The van der Waals surface area contributed by atoms with Gasteiger partial charge in [0, 0.05) is 6.54 Å². The quantitative estimate of drug-likeness (QED) is 0.488. The second-order valence-corrected chi connectivity index (χ2v) is 4.56. The van der Waals surface area contributed by atoms with E-state index in [0.717, 1.165) is 6.42 Å². The van der Waals surface area contributed by atoms with Gasteiger partial charge in [-0.3, -0.25) is 20.0 Å². The Labute approximate surface area is 116 Å². The smallest absolute Gasteiger partial charge is 0.322 e. The molecule has 112 valence electrons. The van der Waals surface area contributed by atoms with Crippen molar-refractivity contribution >= 4 is 11.6 Å². The normalized spacial score (nSPS) is 12.2. The number of H-pyrrole nitrogens is 1. The van der Waals surface area contributed by atoms with Crippen LogP contribution in [-0.2, 0) is 6.42 Å². The van der Waals surface area contributed by atoms with E-state index in [1.54, 1.807) is 0 Å². The maximum absolute atomic E-state index is 11.9. The van der Waals surface area contributed by atoms with Crippen molar-refractivity contribution in [2.24, 2.45) is 0 Å². The van der Waals surface area contributed by atoms with Crippen LogP contribution in [0.5, 0.6) is 0 Å². The van der Waals surface area contributed by atoms with Gasteiger partial charge in [-0.05, 0) is 12.8 Å². The molecule has 0 aliphatic carbocycles. The van der Waals surface area contributed by atoms with E-state index >= 15 is 0 Å². The third-order valence-corrected chi connectivity index (χ3v) is 2.83. The van der Waals surface area contributed by atoms with Crippen LogP contribution in [0.25, 0.3) is 0 Å². The molecule has 8 nitrogen and oxygen atoms in total. The predicted molar refractivity (Wildman–Crippen MR) is 72.5 cm³/mol. The summed E-state index contributed by atoms with van der Waals surface area (Å²) in [4.78, 5) is 22.3. The first-order valence-corrected chi connectivity index (χ1v) is 6.69. The number of aromatic nitrogens is 2. The minimum atomic E-state index is -0.655. The lowest BCUT2D eigenvalue weighted by Crippen LogP contribution is -2.32. The molecule has 1 heterocycles. The molecule has 1 aromatic rings. The monoisotopic (exact) mass is 284 g/mol. The van der Waals surface area contributed by atoms with Crippen LogP contribution < -0.4 is 5.32 Å². The summed E-state index contributed by atoms with van der Waals surface area (Å²) in [6.07, 6.45) is 1.86. The van der Waals surface area contributed by atoms with Crippen molar-refractivity contribution in [3.05, 3.63) is 21.5 Å². The number of nitrogens with zero attached hydrogens (tertiary/aromatic N) is 2. The van der Waals surface area contributed by atoms with Gasteiger partial charge in [0.05, 0.1) is 11.0 Å². The predicted octanol–water partition coefficient (Wildman–Crippen LogP) is 1.16. The number of hydrogen-bond acceptors (Lipinski definition) is 5. The molecule has 0 bridgehead atoms. The summed E-state index contributed by atoms with van der Waals surface area (Å²) in [7, 11) is 0. The molecule has 0 spiro atoms. The van der Waals surface area contributed by atoms with E-state index in [4.69, 9.17) is 0 Å².